The number of esters is 1. The summed E-state index contributed by atoms with van der Waals surface area (Å²) < 4.78 is 5.78. The molecule has 0 radical (unpaired) electrons. The number of hydrogen-bond acceptors (Lipinski definition) is 4. The van der Waals surface area contributed by atoms with Gasteiger partial charge in [-0.1, -0.05) is 52.3 Å². The quantitative estimate of drug-likeness (QED) is 0.538. The maximum Gasteiger partial charge on any atom is 0.328 e. The molecule has 2 aromatic rings. The third kappa shape index (κ3) is 4.45. The van der Waals surface area contributed by atoms with Crippen molar-refractivity contribution in [2.75, 3.05) is 7.11 Å². The van der Waals surface area contributed by atoms with Gasteiger partial charge in [0.25, 0.3) is 0 Å². The van der Waals surface area contributed by atoms with E-state index in [-0.39, 0.29) is 24.5 Å². The van der Waals surface area contributed by atoms with Gasteiger partial charge in [-0.25, -0.2) is 4.79 Å². The lowest BCUT2D eigenvalue weighted by Gasteiger charge is -2.35. The molecule has 27 heavy (non-hydrogen) atoms. The number of amides is 1. The van der Waals surface area contributed by atoms with E-state index in [1.807, 2.05) is 24.3 Å². The Labute approximate surface area is 166 Å². The summed E-state index contributed by atoms with van der Waals surface area (Å²) in [7, 11) is 1.32. The first-order valence-corrected chi connectivity index (χ1v) is 9.51. The molecule has 0 aliphatic carbocycles. The zero-order chi connectivity index (χ0) is 19.4. The molecule has 6 heteroatoms. The third-order valence-electron chi connectivity index (χ3n) is 4.77. The van der Waals surface area contributed by atoms with Crippen molar-refractivity contribution in [3.05, 3.63) is 69.7 Å². The second kappa shape index (κ2) is 8.48. The number of ether oxygens (including phenoxy) is 1. The molecule has 0 bridgehead atoms. The minimum Gasteiger partial charge on any atom is -0.467 e. The number of nitrogens with zero attached hydrogens (tertiary/aromatic N) is 1. The second-order valence-electron chi connectivity index (χ2n) is 6.46. The van der Waals surface area contributed by atoms with Crippen LogP contribution in [0.25, 0.3) is 0 Å². The summed E-state index contributed by atoms with van der Waals surface area (Å²) in [6, 6.07) is 14.1. The summed E-state index contributed by atoms with van der Waals surface area (Å²) >= 11 is 3.33. The van der Waals surface area contributed by atoms with Gasteiger partial charge in [0.15, 0.2) is 5.78 Å². The van der Waals surface area contributed by atoms with E-state index in [2.05, 4.69) is 15.9 Å². The Kier molecular flexibility index (Phi) is 6.06. The van der Waals surface area contributed by atoms with Gasteiger partial charge >= 0.3 is 5.97 Å². The highest BCUT2D eigenvalue weighted by Crippen LogP contribution is 2.25. The first kappa shape index (κ1) is 19.3. The van der Waals surface area contributed by atoms with Crippen LogP contribution in [0.15, 0.2) is 53.0 Å². The van der Waals surface area contributed by atoms with Gasteiger partial charge < -0.3 is 9.64 Å². The molecule has 3 rings (SSSR count). The van der Waals surface area contributed by atoms with Crippen LogP contribution in [0, 0.1) is 0 Å². The van der Waals surface area contributed by atoms with E-state index < -0.39 is 12.0 Å². The van der Waals surface area contributed by atoms with Crippen LogP contribution in [0.2, 0.25) is 0 Å². The highest BCUT2D eigenvalue weighted by Gasteiger charge is 2.35. The Bertz CT molecular complexity index is 863. The highest BCUT2D eigenvalue weighted by molar-refractivity contribution is 9.10. The van der Waals surface area contributed by atoms with Crippen molar-refractivity contribution in [1.82, 2.24) is 4.90 Å². The molecule has 1 aliphatic rings. The topological polar surface area (TPSA) is 63.7 Å². The molecule has 1 amide bonds. The maximum atomic E-state index is 12.8. The van der Waals surface area contributed by atoms with Crippen molar-refractivity contribution in [1.29, 1.82) is 0 Å². The molecular weight excluding hydrogens is 410 g/mol. The average molecular weight is 430 g/mol. The SMILES string of the molecule is COC(=O)C1Cc2ccccc2CN1C(=O)CCC(=O)c1ccc(Br)cc1. The third-order valence-corrected chi connectivity index (χ3v) is 5.30. The lowest BCUT2D eigenvalue weighted by atomic mass is 9.93. The van der Waals surface area contributed by atoms with Crippen molar-refractivity contribution in [2.45, 2.75) is 31.8 Å². The molecule has 0 spiro atoms. The summed E-state index contributed by atoms with van der Waals surface area (Å²) in [5.74, 6) is -0.745. The van der Waals surface area contributed by atoms with Crippen LogP contribution in [-0.4, -0.2) is 35.7 Å². The van der Waals surface area contributed by atoms with Crippen LogP contribution >= 0.6 is 15.9 Å². The van der Waals surface area contributed by atoms with Gasteiger partial charge in [0.2, 0.25) is 5.91 Å². The number of rotatable bonds is 5. The zero-order valence-electron chi connectivity index (χ0n) is 15.0. The van der Waals surface area contributed by atoms with Crippen LogP contribution in [0.1, 0.15) is 34.3 Å². The number of halogens is 1. The van der Waals surface area contributed by atoms with Gasteiger partial charge in [-0.3, -0.25) is 9.59 Å². The molecule has 0 saturated heterocycles. The molecule has 2 aromatic carbocycles. The number of methoxy groups -OCH3 is 1. The molecular formula is C21H20BrNO4. The molecule has 1 heterocycles. The molecule has 1 unspecified atom stereocenters. The fraction of sp³-hybridized carbons (Fsp3) is 0.286. The predicted octanol–water partition coefficient (Wildman–Crippen LogP) is 3.54. The number of Topliss-reactive ketones (excluding diaryl/α,β-unsaturated/α-hetero) is 1. The van der Waals surface area contributed by atoms with Crippen molar-refractivity contribution in [3.63, 3.8) is 0 Å². The molecule has 0 fully saturated rings. The molecule has 1 aliphatic heterocycles. The largest absolute Gasteiger partial charge is 0.467 e. The Morgan fingerprint density at radius 1 is 1.04 bits per heavy atom. The molecule has 0 saturated carbocycles. The van der Waals surface area contributed by atoms with E-state index in [0.29, 0.717) is 18.5 Å². The minimum absolute atomic E-state index is 0.0601. The fourth-order valence-electron chi connectivity index (χ4n) is 3.28. The van der Waals surface area contributed by atoms with Crippen molar-refractivity contribution >= 4 is 33.6 Å². The average Bonchev–Trinajstić information content (AvgIpc) is 2.70. The van der Waals surface area contributed by atoms with Gasteiger partial charge in [0.05, 0.1) is 7.11 Å². The maximum absolute atomic E-state index is 12.8. The first-order chi connectivity index (χ1) is 13.0. The van der Waals surface area contributed by atoms with Crippen LogP contribution in [-0.2, 0) is 27.3 Å². The summed E-state index contributed by atoms with van der Waals surface area (Å²) in [5.41, 5.74) is 2.63. The molecule has 0 aromatic heterocycles. The minimum atomic E-state index is -0.653. The summed E-state index contributed by atoms with van der Waals surface area (Å²) in [6.07, 6.45) is 0.590. The molecule has 5 nitrogen and oxygen atoms in total. The number of ketones is 1. The fourth-order valence-corrected chi connectivity index (χ4v) is 3.54. The van der Waals surface area contributed by atoms with E-state index in [9.17, 15) is 14.4 Å². The molecule has 140 valence electrons. The standard InChI is InChI=1S/C21H20BrNO4/c1-27-21(26)18-12-15-4-2-3-5-16(15)13-23(18)20(25)11-10-19(24)14-6-8-17(22)9-7-14/h2-9,18H,10-13H2,1H3. The predicted molar refractivity (Wildman–Crippen MR) is 104 cm³/mol. The van der Waals surface area contributed by atoms with Crippen molar-refractivity contribution in [3.8, 4) is 0 Å². The van der Waals surface area contributed by atoms with E-state index in [1.54, 1.807) is 24.3 Å². The zero-order valence-corrected chi connectivity index (χ0v) is 16.6. The van der Waals surface area contributed by atoms with Gasteiger partial charge in [-0.15, -0.1) is 0 Å². The number of fused-ring (bicyclic) bond motifs is 1. The normalized spacial score (nSPS) is 15.8. The van der Waals surface area contributed by atoms with Crippen LogP contribution in [0.4, 0.5) is 0 Å². The smallest absolute Gasteiger partial charge is 0.328 e. The van der Waals surface area contributed by atoms with E-state index >= 15 is 0 Å². The summed E-state index contributed by atoms with van der Waals surface area (Å²) in [5, 5.41) is 0. The van der Waals surface area contributed by atoms with Gasteiger partial charge in [0.1, 0.15) is 6.04 Å². The summed E-state index contributed by atoms with van der Waals surface area (Å²) in [6.45, 7) is 0.348. The highest BCUT2D eigenvalue weighted by atomic mass is 79.9. The van der Waals surface area contributed by atoms with E-state index in [4.69, 9.17) is 4.74 Å². The Morgan fingerprint density at radius 3 is 2.37 bits per heavy atom. The van der Waals surface area contributed by atoms with Gasteiger partial charge in [-0.2, -0.15) is 0 Å². The number of carbonyl (C=O) groups excluding carboxylic acids is 3. The molecule has 1 atom stereocenters. The number of hydrogen-bond donors (Lipinski definition) is 0. The van der Waals surface area contributed by atoms with Crippen LogP contribution < -0.4 is 0 Å². The Balaban J connectivity index is 1.70. The lowest BCUT2D eigenvalue weighted by Crippen LogP contribution is -2.49. The van der Waals surface area contributed by atoms with E-state index in [0.717, 1.165) is 15.6 Å². The first-order valence-electron chi connectivity index (χ1n) is 8.72. The number of carbonyl (C=O) groups is 3. The Hall–Kier alpha value is -2.47. The van der Waals surface area contributed by atoms with Gasteiger partial charge in [0, 0.05) is 35.8 Å². The number of benzene rings is 2. The van der Waals surface area contributed by atoms with Crippen molar-refractivity contribution < 1.29 is 19.1 Å². The van der Waals surface area contributed by atoms with Crippen molar-refractivity contribution in [2.24, 2.45) is 0 Å². The Morgan fingerprint density at radius 2 is 1.70 bits per heavy atom. The van der Waals surface area contributed by atoms with E-state index in [1.165, 1.54) is 12.0 Å². The van der Waals surface area contributed by atoms with Crippen LogP contribution in [0.5, 0.6) is 0 Å². The summed E-state index contributed by atoms with van der Waals surface area (Å²) in [4.78, 5) is 38.8. The van der Waals surface area contributed by atoms with Crippen LogP contribution in [0.3, 0.4) is 0 Å². The lowest BCUT2D eigenvalue weighted by molar-refractivity contribution is -0.154. The second-order valence-corrected chi connectivity index (χ2v) is 7.38. The monoisotopic (exact) mass is 429 g/mol. The van der Waals surface area contributed by atoms with Gasteiger partial charge in [-0.05, 0) is 23.3 Å². The molecule has 0 N–H and O–H groups in total.